The van der Waals surface area contributed by atoms with E-state index < -0.39 is 0 Å². The molecule has 2 aromatic carbocycles. The molecule has 5 heteroatoms. The fourth-order valence-electron chi connectivity index (χ4n) is 2.85. The molecule has 0 amide bonds. The van der Waals surface area contributed by atoms with Gasteiger partial charge in [0.05, 0.1) is 14.2 Å². The van der Waals surface area contributed by atoms with E-state index in [2.05, 4.69) is 9.24 Å². The van der Waals surface area contributed by atoms with Gasteiger partial charge in [-0.15, -0.1) is 9.24 Å². The minimum absolute atomic E-state index is 0. The Morgan fingerprint density at radius 3 is 2.00 bits per heavy atom. The first-order valence-corrected chi connectivity index (χ1v) is 7.61. The standard InChI is InChI=1S/C18H21O3P.Li.H/c1-10-8-11(2)15(12(3)9-10)17(19)16-13(20-4)6-7-14(22)18(16)21-5;;/h6-9H,22H2,1-5H3;;. The zero-order valence-corrected chi connectivity index (χ0v) is 14.8. The molecule has 0 aromatic heterocycles. The van der Waals surface area contributed by atoms with Crippen molar-refractivity contribution in [3.05, 3.63) is 52.1 Å². The van der Waals surface area contributed by atoms with Gasteiger partial charge in [0.25, 0.3) is 0 Å². The SMILES string of the molecule is COc1ccc(P)c(OC)c1C(=O)c1c(C)cc(C)cc1C.[LiH]. The number of carbonyl (C=O) groups is 1. The van der Waals surface area contributed by atoms with E-state index >= 15 is 0 Å². The minimum atomic E-state index is -0.0759. The van der Waals surface area contributed by atoms with Crippen molar-refractivity contribution < 1.29 is 14.3 Å². The van der Waals surface area contributed by atoms with E-state index in [1.165, 1.54) is 0 Å². The predicted molar refractivity (Wildman–Crippen MR) is 100 cm³/mol. The second-order valence-electron chi connectivity index (χ2n) is 5.37. The Hall–Kier alpha value is -1.26. The van der Waals surface area contributed by atoms with Gasteiger partial charge in [0, 0.05) is 10.9 Å². The number of hydrogen-bond donors (Lipinski definition) is 0. The topological polar surface area (TPSA) is 35.5 Å². The summed E-state index contributed by atoms with van der Waals surface area (Å²) in [4.78, 5) is 13.1. The van der Waals surface area contributed by atoms with Crippen LogP contribution in [0.5, 0.6) is 11.5 Å². The van der Waals surface area contributed by atoms with Crippen molar-refractivity contribution >= 4 is 39.2 Å². The van der Waals surface area contributed by atoms with Crippen molar-refractivity contribution in [3.63, 3.8) is 0 Å². The van der Waals surface area contributed by atoms with Crippen molar-refractivity contribution in [2.75, 3.05) is 14.2 Å². The molecule has 0 N–H and O–H groups in total. The number of ketones is 1. The number of aryl methyl sites for hydroxylation is 3. The van der Waals surface area contributed by atoms with Crippen LogP contribution in [0.25, 0.3) is 0 Å². The number of carbonyl (C=O) groups excluding carboxylic acids is 1. The molecule has 0 bridgehead atoms. The van der Waals surface area contributed by atoms with Crippen molar-refractivity contribution in [2.24, 2.45) is 0 Å². The molecule has 0 aliphatic rings. The quantitative estimate of drug-likeness (QED) is 0.493. The number of rotatable bonds is 4. The van der Waals surface area contributed by atoms with Gasteiger partial charge in [-0.05, 0) is 44.0 Å². The van der Waals surface area contributed by atoms with Crippen molar-refractivity contribution in [1.29, 1.82) is 0 Å². The summed E-state index contributed by atoms with van der Waals surface area (Å²) in [5.41, 5.74) is 4.23. The molecule has 0 aliphatic carbocycles. The fourth-order valence-corrected chi connectivity index (χ4v) is 3.21. The first-order valence-electron chi connectivity index (χ1n) is 7.03. The van der Waals surface area contributed by atoms with Crippen molar-refractivity contribution in [1.82, 2.24) is 0 Å². The van der Waals surface area contributed by atoms with E-state index in [9.17, 15) is 4.79 Å². The van der Waals surface area contributed by atoms with Crippen LogP contribution < -0.4 is 14.8 Å². The van der Waals surface area contributed by atoms with Crippen molar-refractivity contribution in [3.8, 4) is 11.5 Å². The Morgan fingerprint density at radius 1 is 0.957 bits per heavy atom. The molecular weight excluding hydrogens is 302 g/mol. The van der Waals surface area contributed by atoms with Crippen LogP contribution in [0.4, 0.5) is 0 Å². The first kappa shape index (κ1) is 19.8. The van der Waals surface area contributed by atoms with Gasteiger partial charge in [-0.3, -0.25) is 4.79 Å². The number of methoxy groups -OCH3 is 2. The summed E-state index contributed by atoms with van der Waals surface area (Å²) < 4.78 is 10.8. The molecule has 0 heterocycles. The second-order valence-corrected chi connectivity index (χ2v) is 5.99. The first-order chi connectivity index (χ1) is 10.4. The summed E-state index contributed by atoms with van der Waals surface area (Å²) in [6.45, 7) is 5.94. The predicted octanol–water partition coefficient (Wildman–Crippen LogP) is 2.71. The summed E-state index contributed by atoms with van der Waals surface area (Å²) in [6, 6.07) is 7.68. The Morgan fingerprint density at radius 2 is 1.52 bits per heavy atom. The van der Waals surface area contributed by atoms with Gasteiger partial charge in [0.15, 0.2) is 0 Å². The van der Waals surface area contributed by atoms with E-state index in [-0.39, 0.29) is 24.6 Å². The summed E-state index contributed by atoms with van der Waals surface area (Å²) in [5, 5.41) is 0.828. The van der Waals surface area contributed by atoms with Crippen LogP contribution >= 0.6 is 9.24 Å². The average molecular weight is 324 g/mol. The molecule has 0 aliphatic heterocycles. The maximum absolute atomic E-state index is 13.1. The maximum atomic E-state index is 13.1. The molecule has 0 fully saturated rings. The zero-order chi connectivity index (χ0) is 16.4. The van der Waals surface area contributed by atoms with Gasteiger partial charge < -0.3 is 9.47 Å². The van der Waals surface area contributed by atoms with Crippen LogP contribution in [0.15, 0.2) is 24.3 Å². The molecular formula is C18H22LiO3P. The summed E-state index contributed by atoms with van der Waals surface area (Å²) in [5.74, 6) is 0.981. The van der Waals surface area contributed by atoms with Gasteiger partial charge in [-0.1, -0.05) is 17.7 Å². The normalized spacial score (nSPS) is 10.0. The van der Waals surface area contributed by atoms with Crippen LogP contribution in [0.1, 0.15) is 32.6 Å². The van der Waals surface area contributed by atoms with Crippen LogP contribution in [-0.4, -0.2) is 38.9 Å². The van der Waals surface area contributed by atoms with Gasteiger partial charge in [-0.25, -0.2) is 0 Å². The van der Waals surface area contributed by atoms with E-state index in [0.717, 1.165) is 22.0 Å². The summed E-state index contributed by atoms with van der Waals surface area (Å²) in [7, 11) is 5.71. The molecule has 2 rings (SSSR count). The van der Waals surface area contributed by atoms with Crippen molar-refractivity contribution in [2.45, 2.75) is 20.8 Å². The van der Waals surface area contributed by atoms with Crippen LogP contribution in [0.3, 0.4) is 0 Å². The monoisotopic (exact) mass is 324 g/mol. The molecule has 0 radical (unpaired) electrons. The van der Waals surface area contributed by atoms with Crippen LogP contribution in [-0.2, 0) is 0 Å². The molecule has 0 spiro atoms. The third-order valence-corrected chi connectivity index (χ3v) is 4.16. The molecule has 3 nitrogen and oxygen atoms in total. The number of benzene rings is 2. The third-order valence-electron chi connectivity index (χ3n) is 3.71. The Balaban J connectivity index is 0.00000264. The van der Waals surface area contributed by atoms with E-state index in [0.29, 0.717) is 22.6 Å². The van der Waals surface area contributed by atoms with E-state index in [1.54, 1.807) is 20.3 Å². The zero-order valence-electron chi connectivity index (χ0n) is 13.6. The van der Waals surface area contributed by atoms with Crippen LogP contribution in [0.2, 0.25) is 0 Å². The third kappa shape index (κ3) is 3.81. The molecule has 0 saturated carbocycles. The Labute approximate surface area is 152 Å². The summed E-state index contributed by atoms with van der Waals surface area (Å²) >= 11 is 0. The fraction of sp³-hybridized carbons (Fsp3) is 0.278. The van der Waals surface area contributed by atoms with Gasteiger partial charge in [0.1, 0.15) is 17.1 Å². The van der Waals surface area contributed by atoms with E-state index in [1.807, 2.05) is 39.0 Å². The Bertz CT molecular complexity index is 718. The second kappa shape index (κ2) is 8.02. The number of ether oxygens (including phenoxy) is 2. The van der Waals surface area contributed by atoms with Gasteiger partial charge in [-0.2, -0.15) is 0 Å². The molecule has 0 saturated heterocycles. The summed E-state index contributed by atoms with van der Waals surface area (Å²) in [6.07, 6.45) is 0. The number of hydrogen-bond acceptors (Lipinski definition) is 3. The molecule has 2 aromatic rings. The Kier molecular flexibility index (Phi) is 6.90. The molecule has 1 atom stereocenters. The molecule has 23 heavy (non-hydrogen) atoms. The molecule has 1 unspecified atom stereocenters. The van der Waals surface area contributed by atoms with Gasteiger partial charge in [0.2, 0.25) is 5.78 Å². The molecule has 118 valence electrons. The van der Waals surface area contributed by atoms with Crippen LogP contribution in [0, 0.1) is 20.8 Å². The average Bonchev–Trinajstić information content (AvgIpc) is 2.45. The van der Waals surface area contributed by atoms with E-state index in [4.69, 9.17) is 9.47 Å². The van der Waals surface area contributed by atoms with Gasteiger partial charge >= 0.3 is 18.9 Å².